The van der Waals surface area contributed by atoms with Gasteiger partial charge in [-0.05, 0) is 33.0 Å². The standard InChI is InChI=1S/C10H21BrN2/c1-9-4-5-13(8-10(9)11)7-6-12(2)3/h9-10H,4-8H2,1-3H3. The van der Waals surface area contributed by atoms with Crippen LogP contribution < -0.4 is 0 Å². The molecule has 1 aliphatic heterocycles. The fraction of sp³-hybridized carbons (Fsp3) is 1.00. The molecule has 2 unspecified atom stereocenters. The second-order valence-electron chi connectivity index (χ2n) is 4.39. The summed E-state index contributed by atoms with van der Waals surface area (Å²) in [7, 11) is 4.27. The molecule has 0 amide bonds. The first-order chi connectivity index (χ1) is 6.09. The van der Waals surface area contributed by atoms with Crippen LogP contribution in [-0.2, 0) is 0 Å². The molecule has 2 atom stereocenters. The maximum Gasteiger partial charge on any atom is 0.0299 e. The van der Waals surface area contributed by atoms with Crippen molar-refractivity contribution in [3.8, 4) is 0 Å². The fourth-order valence-electron chi connectivity index (χ4n) is 1.63. The predicted octanol–water partition coefficient (Wildman–Crippen LogP) is 1.65. The third-order valence-electron chi connectivity index (χ3n) is 2.81. The Balaban J connectivity index is 2.21. The average Bonchev–Trinajstić information content (AvgIpc) is 2.07. The van der Waals surface area contributed by atoms with Crippen LogP contribution in [0.4, 0.5) is 0 Å². The number of likely N-dealkylation sites (N-methyl/N-ethyl adjacent to an activating group) is 1. The molecule has 0 spiro atoms. The zero-order valence-electron chi connectivity index (χ0n) is 8.96. The third kappa shape index (κ3) is 3.96. The highest BCUT2D eigenvalue weighted by molar-refractivity contribution is 9.09. The first-order valence-electron chi connectivity index (χ1n) is 5.10. The Morgan fingerprint density at radius 2 is 2.15 bits per heavy atom. The molecule has 0 N–H and O–H groups in total. The van der Waals surface area contributed by atoms with E-state index in [9.17, 15) is 0 Å². The Labute approximate surface area is 90.4 Å². The lowest BCUT2D eigenvalue weighted by Gasteiger charge is -2.34. The van der Waals surface area contributed by atoms with E-state index in [2.05, 4.69) is 46.7 Å². The van der Waals surface area contributed by atoms with Crippen LogP contribution in [0.5, 0.6) is 0 Å². The summed E-state index contributed by atoms with van der Waals surface area (Å²) in [6.07, 6.45) is 1.34. The molecule has 0 radical (unpaired) electrons. The molecule has 0 aromatic heterocycles. The number of rotatable bonds is 3. The van der Waals surface area contributed by atoms with Gasteiger partial charge in [0.1, 0.15) is 0 Å². The smallest absolute Gasteiger partial charge is 0.0299 e. The van der Waals surface area contributed by atoms with E-state index in [0.29, 0.717) is 4.83 Å². The largest absolute Gasteiger partial charge is 0.308 e. The van der Waals surface area contributed by atoms with E-state index in [1.54, 1.807) is 0 Å². The lowest BCUT2D eigenvalue weighted by Crippen LogP contribution is -2.42. The van der Waals surface area contributed by atoms with E-state index in [-0.39, 0.29) is 0 Å². The summed E-state index contributed by atoms with van der Waals surface area (Å²) in [5.74, 6) is 0.843. The highest BCUT2D eigenvalue weighted by Crippen LogP contribution is 2.22. The van der Waals surface area contributed by atoms with Crippen LogP contribution in [0, 0.1) is 5.92 Å². The first-order valence-corrected chi connectivity index (χ1v) is 6.02. The molecule has 1 saturated heterocycles. The van der Waals surface area contributed by atoms with Gasteiger partial charge in [-0.15, -0.1) is 0 Å². The van der Waals surface area contributed by atoms with Gasteiger partial charge in [0.25, 0.3) is 0 Å². The molecule has 1 aliphatic rings. The third-order valence-corrected chi connectivity index (χ3v) is 4.01. The van der Waals surface area contributed by atoms with Gasteiger partial charge in [-0.25, -0.2) is 0 Å². The summed E-state index contributed by atoms with van der Waals surface area (Å²) in [5, 5.41) is 0. The van der Waals surface area contributed by atoms with Crippen LogP contribution in [0.1, 0.15) is 13.3 Å². The normalized spacial score (nSPS) is 31.2. The van der Waals surface area contributed by atoms with Crippen LogP contribution in [0.25, 0.3) is 0 Å². The van der Waals surface area contributed by atoms with E-state index in [1.807, 2.05) is 0 Å². The zero-order chi connectivity index (χ0) is 9.84. The van der Waals surface area contributed by atoms with Crippen LogP contribution >= 0.6 is 15.9 Å². The Morgan fingerprint density at radius 3 is 2.69 bits per heavy atom. The van der Waals surface area contributed by atoms with Crippen LogP contribution in [-0.4, -0.2) is 54.9 Å². The molecule has 0 aliphatic carbocycles. The summed E-state index contributed by atoms with van der Waals surface area (Å²) in [4.78, 5) is 5.50. The number of hydrogen-bond acceptors (Lipinski definition) is 2. The monoisotopic (exact) mass is 248 g/mol. The van der Waals surface area contributed by atoms with Crippen molar-refractivity contribution in [2.75, 3.05) is 40.3 Å². The van der Waals surface area contributed by atoms with Crippen molar-refractivity contribution in [3.05, 3.63) is 0 Å². The number of nitrogens with zero attached hydrogens (tertiary/aromatic N) is 2. The number of hydrogen-bond donors (Lipinski definition) is 0. The minimum absolute atomic E-state index is 0.698. The molecule has 0 saturated carbocycles. The van der Waals surface area contributed by atoms with Crippen molar-refractivity contribution in [2.24, 2.45) is 5.92 Å². The summed E-state index contributed by atoms with van der Waals surface area (Å²) >= 11 is 3.75. The van der Waals surface area contributed by atoms with Gasteiger partial charge in [-0.2, -0.15) is 0 Å². The molecule has 13 heavy (non-hydrogen) atoms. The molecule has 0 bridgehead atoms. The first kappa shape index (κ1) is 11.5. The lowest BCUT2D eigenvalue weighted by molar-refractivity contribution is 0.185. The fourth-order valence-corrected chi connectivity index (χ4v) is 2.30. The van der Waals surface area contributed by atoms with E-state index < -0.39 is 0 Å². The number of likely N-dealkylation sites (tertiary alicyclic amines) is 1. The van der Waals surface area contributed by atoms with Crippen LogP contribution in [0.2, 0.25) is 0 Å². The SMILES string of the molecule is CC1CCN(CCN(C)C)CC1Br. The van der Waals surface area contributed by atoms with Crippen molar-refractivity contribution < 1.29 is 0 Å². The van der Waals surface area contributed by atoms with Crippen molar-refractivity contribution >= 4 is 15.9 Å². The maximum absolute atomic E-state index is 3.75. The summed E-state index contributed by atoms with van der Waals surface area (Å²) < 4.78 is 0. The summed E-state index contributed by atoms with van der Waals surface area (Å²) in [6.45, 7) is 7.21. The van der Waals surface area contributed by atoms with Gasteiger partial charge in [0.2, 0.25) is 0 Å². The molecular weight excluding hydrogens is 228 g/mol. The predicted molar refractivity (Wildman–Crippen MR) is 61.5 cm³/mol. The maximum atomic E-state index is 3.75. The van der Waals surface area contributed by atoms with E-state index in [4.69, 9.17) is 0 Å². The van der Waals surface area contributed by atoms with E-state index in [1.165, 1.54) is 32.6 Å². The van der Waals surface area contributed by atoms with Gasteiger partial charge >= 0.3 is 0 Å². The Bertz CT molecular complexity index is 150. The molecule has 1 fully saturated rings. The lowest BCUT2D eigenvalue weighted by atomic mass is 9.99. The molecular formula is C10H21BrN2. The van der Waals surface area contributed by atoms with Crippen LogP contribution in [0.15, 0.2) is 0 Å². The number of alkyl halides is 1. The number of halogens is 1. The molecule has 2 nitrogen and oxygen atoms in total. The Kier molecular flexibility index (Phi) is 4.70. The highest BCUT2D eigenvalue weighted by Gasteiger charge is 2.23. The molecule has 78 valence electrons. The zero-order valence-corrected chi connectivity index (χ0v) is 10.5. The molecule has 1 rings (SSSR count). The molecule has 0 aromatic rings. The van der Waals surface area contributed by atoms with Crippen molar-refractivity contribution in [1.29, 1.82) is 0 Å². The average molecular weight is 249 g/mol. The minimum Gasteiger partial charge on any atom is -0.308 e. The number of piperidine rings is 1. The van der Waals surface area contributed by atoms with Gasteiger partial charge in [0, 0.05) is 24.5 Å². The quantitative estimate of drug-likeness (QED) is 0.702. The van der Waals surface area contributed by atoms with Gasteiger partial charge < -0.3 is 9.80 Å². The highest BCUT2D eigenvalue weighted by atomic mass is 79.9. The van der Waals surface area contributed by atoms with Gasteiger partial charge in [0.05, 0.1) is 0 Å². The Hall–Kier alpha value is 0.400. The summed E-state index contributed by atoms with van der Waals surface area (Å²) in [6, 6.07) is 0. The minimum atomic E-state index is 0.698. The molecule has 0 aromatic carbocycles. The van der Waals surface area contributed by atoms with Gasteiger partial charge in [0.15, 0.2) is 0 Å². The summed E-state index contributed by atoms with van der Waals surface area (Å²) in [5.41, 5.74) is 0. The molecule has 1 heterocycles. The van der Waals surface area contributed by atoms with Gasteiger partial charge in [-0.1, -0.05) is 22.9 Å². The van der Waals surface area contributed by atoms with Crippen LogP contribution in [0.3, 0.4) is 0 Å². The topological polar surface area (TPSA) is 6.48 Å². The Morgan fingerprint density at radius 1 is 1.46 bits per heavy atom. The van der Waals surface area contributed by atoms with Crippen molar-refractivity contribution in [3.63, 3.8) is 0 Å². The van der Waals surface area contributed by atoms with Gasteiger partial charge in [-0.3, -0.25) is 0 Å². The van der Waals surface area contributed by atoms with E-state index >= 15 is 0 Å². The van der Waals surface area contributed by atoms with Crippen molar-refractivity contribution in [1.82, 2.24) is 9.80 Å². The second kappa shape index (κ2) is 5.32. The van der Waals surface area contributed by atoms with Crippen molar-refractivity contribution in [2.45, 2.75) is 18.2 Å². The second-order valence-corrected chi connectivity index (χ2v) is 5.56. The van der Waals surface area contributed by atoms with E-state index in [0.717, 1.165) is 5.92 Å². The molecule has 3 heteroatoms.